The standard InChI is InChI=1S/C16H16ClN3O2/c17-11-5-6-12-10(4-3-9-19-12)13(11)14(21)20-16(15(18)22)7-1-2-8-16/h3-6,9H,1-2,7-8H2,(H2,18,22)(H,20,21). The molecule has 1 fully saturated rings. The summed E-state index contributed by atoms with van der Waals surface area (Å²) in [5.74, 6) is -0.878. The highest BCUT2D eigenvalue weighted by Crippen LogP contribution is 2.31. The molecule has 0 radical (unpaired) electrons. The fourth-order valence-corrected chi connectivity index (χ4v) is 3.30. The van der Waals surface area contributed by atoms with Gasteiger partial charge in [-0.15, -0.1) is 0 Å². The van der Waals surface area contributed by atoms with Crippen molar-refractivity contribution in [1.82, 2.24) is 10.3 Å². The van der Waals surface area contributed by atoms with E-state index in [0.29, 0.717) is 34.3 Å². The Balaban J connectivity index is 2.02. The normalized spacial score (nSPS) is 16.6. The molecule has 1 aromatic carbocycles. The maximum absolute atomic E-state index is 12.7. The Morgan fingerprint density at radius 3 is 2.64 bits per heavy atom. The molecule has 3 N–H and O–H groups in total. The number of nitrogens with two attached hydrogens (primary N) is 1. The maximum atomic E-state index is 12.7. The average molecular weight is 318 g/mol. The van der Waals surface area contributed by atoms with E-state index in [9.17, 15) is 9.59 Å². The summed E-state index contributed by atoms with van der Waals surface area (Å²) in [4.78, 5) is 28.7. The molecule has 1 heterocycles. The van der Waals surface area contributed by atoms with Gasteiger partial charge in [0.15, 0.2) is 0 Å². The zero-order valence-corrected chi connectivity index (χ0v) is 12.7. The Morgan fingerprint density at radius 2 is 1.95 bits per heavy atom. The lowest BCUT2D eigenvalue weighted by Crippen LogP contribution is -2.55. The Labute approximate surface area is 132 Å². The van der Waals surface area contributed by atoms with Crippen molar-refractivity contribution in [3.05, 3.63) is 41.0 Å². The fraction of sp³-hybridized carbons (Fsp3) is 0.312. The predicted molar refractivity (Wildman–Crippen MR) is 84.6 cm³/mol. The summed E-state index contributed by atoms with van der Waals surface area (Å²) in [5, 5.41) is 3.80. The van der Waals surface area contributed by atoms with Crippen LogP contribution in [0.1, 0.15) is 36.0 Å². The molecule has 1 aliphatic rings. The van der Waals surface area contributed by atoms with Crippen molar-refractivity contribution in [1.29, 1.82) is 0 Å². The lowest BCUT2D eigenvalue weighted by atomic mass is 9.95. The fourth-order valence-electron chi connectivity index (χ4n) is 3.05. The first-order chi connectivity index (χ1) is 10.5. The van der Waals surface area contributed by atoms with Gasteiger partial charge in [0, 0.05) is 11.6 Å². The lowest BCUT2D eigenvalue weighted by Gasteiger charge is -2.27. The maximum Gasteiger partial charge on any atom is 0.254 e. The summed E-state index contributed by atoms with van der Waals surface area (Å²) in [6.45, 7) is 0. The summed E-state index contributed by atoms with van der Waals surface area (Å²) >= 11 is 6.20. The minimum Gasteiger partial charge on any atom is -0.368 e. The smallest absolute Gasteiger partial charge is 0.254 e. The topological polar surface area (TPSA) is 85.1 Å². The van der Waals surface area contributed by atoms with Gasteiger partial charge < -0.3 is 11.1 Å². The van der Waals surface area contributed by atoms with Gasteiger partial charge in [0.1, 0.15) is 5.54 Å². The minimum atomic E-state index is -0.967. The summed E-state index contributed by atoms with van der Waals surface area (Å²) in [5.41, 5.74) is 5.55. The van der Waals surface area contributed by atoms with Crippen molar-refractivity contribution in [2.45, 2.75) is 31.2 Å². The molecule has 0 atom stereocenters. The van der Waals surface area contributed by atoms with Crippen molar-refractivity contribution in [2.75, 3.05) is 0 Å². The molecule has 0 spiro atoms. The minimum absolute atomic E-state index is 0.329. The van der Waals surface area contributed by atoms with E-state index in [1.165, 1.54) is 0 Å². The number of carbonyl (C=O) groups is 2. The average Bonchev–Trinajstić information content (AvgIpc) is 2.96. The molecule has 6 heteroatoms. The first-order valence-electron chi connectivity index (χ1n) is 7.19. The van der Waals surface area contributed by atoms with Gasteiger partial charge in [0.25, 0.3) is 5.91 Å². The first kappa shape index (κ1) is 14.8. The number of fused-ring (bicyclic) bond motifs is 1. The largest absolute Gasteiger partial charge is 0.368 e. The van der Waals surface area contributed by atoms with Gasteiger partial charge in [-0.05, 0) is 31.0 Å². The number of nitrogens with one attached hydrogen (secondary N) is 1. The van der Waals surface area contributed by atoms with E-state index < -0.39 is 11.4 Å². The number of benzene rings is 1. The lowest BCUT2D eigenvalue weighted by molar-refractivity contribution is -0.123. The van der Waals surface area contributed by atoms with Crippen LogP contribution in [0.2, 0.25) is 5.02 Å². The molecule has 0 aliphatic heterocycles. The number of pyridine rings is 1. The zero-order valence-electron chi connectivity index (χ0n) is 11.9. The Hall–Kier alpha value is -2.14. The molecule has 0 saturated heterocycles. The molecule has 1 aromatic heterocycles. The number of carbonyl (C=O) groups excluding carboxylic acids is 2. The van der Waals surface area contributed by atoms with Crippen LogP contribution in [-0.4, -0.2) is 22.3 Å². The quantitative estimate of drug-likeness (QED) is 0.911. The van der Waals surface area contributed by atoms with Crippen LogP contribution in [0, 0.1) is 0 Å². The number of nitrogens with zero attached hydrogens (tertiary/aromatic N) is 1. The third kappa shape index (κ3) is 2.41. The van der Waals surface area contributed by atoms with Crippen LogP contribution in [0.4, 0.5) is 0 Å². The summed E-state index contributed by atoms with van der Waals surface area (Å²) in [6, 6.07) is 6.93. The number of amides is 2. The molecule has 5 nitrogen and oxygen atoms in total. The second-order valence-corrected chi connectivity index (χ2v) is 6.01. The summed E-state index contributed by atoms with van der Waals surface area (Å²) < 4.78 is 0. The number of rotatable bonds is 3. The van der Waals surface area contributed by atoms with Crippen LogP contribution < -0.4 is 11.1 Å². The van der Waals surface area contributed by atoms with E-state index in [4.69, 9.17) is 17.3 Å². The van der Waals surface area contributed by atoms with Crippen LogP contribution >= 0.6 is 11.6 Å². The number of aromatic nitrogens is 1. The number of primary amides is 1. The zero-order chi connectivity index (χ0) is 15.7. The van der Waals surface area contributed by atoms with Crippen molar-refractivity contribution in [3.63, 3.8) is 0 Å². The van der Waals surface area contributed by atoms with Crippen LogP contribution in [0.3, 0.4) is 0 Å². The van der Waals surface area contributed by atoms with Gasteiger partial charge in [0.2, 0.25) is 5.91 Å². The monoisotopic (exact) mass is 317 g/mol. The highest BCUT2D eigenvalue weighted by atomic mass is 35.5. The van der Waals surface area contributed by atoms with Crippen LogP contribution in [0.5, 0.6) is 0 Å². The summed E-state index contributed by atoms with van der Waals surface area (Å²) in [6.07, 6.45) is 4.52. The van der Waals surface area contributed by atoms with Gasteiger partial charge in [-0.3, -0.25) is 14.6 Å². The molecule has 22 heavy (non-hydrogen) atoms. The molecule has 114 valence electrons. The van der Waals surface area contributed by atoms with Crippen LogP contribution in [-0.2, 0) is 4.79 Å². The number of hydrogen-bond donors (Lipinski definition) is 2. The third-order valence-electron chi connectivity index (χ3n) is 4.24. The summed E-state index contributed by atoms with van der Waals surface area (Å²) in [7, 11) is 0. The first-order valence-corrected chi connectivity index (χ1v) is 7.57. The molecule has 0 bridgehead atoms. The van der Waals surface area contributed by atoms with E-state index in [-0.39, 0.29) is 5.91 Å². The van der Waals surface area contributed by atoms with E-state index in [1.807, 2.05) is 0 Å². The van der Waals surface area contributed by atoms with Gasteiger partial charge in [-0.25, -0.2) is 0 Å². The molecule has 1 aliphatic carbocycles. The van der Waals surface area contributed by atoms with Gasteiger partial charge in [0.05, 0.1) is 16.1 Å². The van der Waals surface area contributed by atoms with Gasteiger partial charge in [-0.1, -0.05) is 30.5 Å². The van der Waals surface area contributed by atoms with Gasteiger partial charge in [-0.2, -0.15) is 0 Å². The van der Waals surface area contributed by atoms with E-state index in [0.717, 1.165) is 12.8 Å². The predicted octanol–water partition coefficient (Wildman–Crippen LogP) is 2.42. The Bertz CT molecular complexity index is 754. The second-order valence-electron chi connectivity index (χ2n) is 5.60. The van der Waals surface area contributed by atoms with E-state index in [1.54, 1.807) is 30.5 Å². The molecular weight excluding hydrogens is 302 g/mol. The Morgan fingerprint density at radius 1 is 1.23 bits per heavy atom. The molecule has 0 unspecified atom stereocenters. The van der Waals surface area contributed by atoms with Gasteiger partial charge >= 0.3 is 0 Å². The SMILES string of the molecule is NC(=O)C1(NC(=O)c2c(Cl)ccc3ncccc23)CCCC1. The highest BCUT2D eigenvalue weighted by Gasteiger charge is 2.41. The molecule has 2 aromatic rings. The second kappa shape index (κ2) is 5.57. The van der Waals surface area contributed by atoms with E-state index in [2.05, 4.69) is 10.3 Å². The molecule has 2 amide bonds. The van der Waals surface area contributed by atoms with E-state index >= 15 is 0 Å². The van der Waals surface area contributed by atoms with Crippen molar-refractivity contribution < 1.29 is 9.59 Å². The number of hydrogen-bond acceptors (Lipinski definition) is 3. The molecule has 1 saturated carbocycles. The van der Waals surface area contributed by atoms with Crippen molar-refractivity contribution >= 4 is 34.3 Å². The van der Waals surface area contributed by atoms with Crippen molar-refractivity contribution in [3.8, 4) is 0 Å². The molecular formula is C16H16ClN3O2. The van der Waals surface area contributed by atoms with Crippen molar-refractivity contribution in [2.24, 2.45) is 5.73 Å². The number of halogens is 1. The third-order valence-corrected chi connectivity index (χ3v) is 4.56. The highest BCUT2D eigenvalue weighted by molar-refractivity contribution is 6.35. The molecule has 3 rings (SSSR count). The van der Waals surface area contributed by atoms with Crippen LogP contribution in [0.25, 0.3) is 10.9 Å². The van der Waals surface area contributed by atoms with Crippen LogP contribution in [0.15, 0.2) is 30.5 Å². The Kier molecular flexibility index (Phi) is 3.74.